The Balaban J connectivity index is 2.12. The number of hydrogen-bond acceptors (Lipinski definition) is 6. The van der Waals surface area contributed by atoms with Gasteiger partial charge in [-0.2, -0.15) is 0 Å². The summed E-state index contributed by atoms with van der Waals surface area (Å²) in [6.07, 6.45) is 1.35. The molecule has 1 aromatic carbocycles. The number of aromatic nitrogens is 1. The van der Waals surface area contributed by atoms with E-state index in [1.165, 1.54) is 37.6 Å². The number of methoxy groups -OCH3 is 1. The first-order valence-corrected chi connectivity index (χ1v) is 7.53. The number of nitrogens with one attached hydrogen (secondary N) is 1. The van der Waals surface area contributed by atoms with Crippen LogP contribution in [0.1, 0.15) is 21.6 Å². The lowest BCUT2D eigenvalue weighted by atomic mass is 10.1. The molecule has 0 radical (unpaired) electrons. The number of aromatic hydroxyl groups is 1. The number of halogens is 1. The van der Waals surface area contributed by atoms with E-state index < -0.39 is 18.3 Å². The van der Waals surface area contributed by atoms with Crippen LogP contribution in [0.3, 0.4) is 0 Å². The third-order valence-corrected chi connectivity index (χ3v) is 3.42. The van der Waals surface area contributed by atoms with Gasteiger partial charge >= 0.3 is 0 Å². The molecule has 7 nitrogen and oxygen atoms in total. The maximum atomic E-state index is 12.9. The van der Waals surface area contributed by atoms with E-state index in [4.69, 9.17) is 9.47 Å². The van der Waals surface area contributed by atoms with E-state index in [2.05, 4.69) is 10.3 Å². The molecule has 0 aliphatic rings. The molecule has 0 aliphatic heterocycles. The second-order valence-corrected chi connectivity index (χ2v) is 5.11. The topological polar surface area (TPSA) is 101 Å². The van der Waals surface area contributed by atoms with Crippen molar-refractivity contribution < 1.29 is 28.9 Å². The summed E-state index contributed by atoms with van der Waals surface area (Å²) in [7, 11) is 1.50. The van der Waals surface area contributed by atoms with Crippen LogP contribution in [0.4, 0.5) is 4.39 Å². The molecule has 0 bridgehead atoms. The molecular formula is C17H19FN2O5. The van der Waals surface area contributed by atoms with Gasteiger partial charge in [0, 0.05) is 31.0 Å². The van der Waals surface area contributed by atoms with E-state index in [1.807, 2.05) is 0 Å². The van der Waals surface area contributed by atoms with Gasteiger partial charge in [0.15, 0.2) is 11.4 Å². The van der Waals surface area contributed by atoms with Crippen LogP contribution in [0.2, 0.25) is 0 Å². The molecule has 1 aromatic heterocycles. The fraction of sp³-hybridized carbons (Fsp3) is 0.294. The van der Waals surface area contributed by atoms with Gasteiger partial charge < -0.3 is 25.0 Å². The van der Waals surface area contributed by atoms with Crippen LogP contribution in [0.5, 0.6) is 11.5 Å². The quantitative estimate of drug-likeness (QED) is 0.622. The monoisotopic (exact) mass is 350 g/mol. The van der Waals surface area contributed by atoms with E-state index in [1.54, 1.807) is 0 Å². The van der Waals surface area contributed by atoms with Crippen molar-refractivity contribution in [3.05, 3.63) is 53.1 Å². The number of aliphatic hydroxyl groups is 1. The van der Waals surface area contributed by atoms with Crippen molar-refractivity contribution in [3.63, 3.8) is 0 Å². The summed E-state index contributed by atoms with van der Waals surface area (Å²) >= 11 is 0. The third-order valence-electron chi connectivity index (χ3n) is 3.42. The average Bonchev–Trinajstić information content (AvgIpc) is 2.61. The molecule has 0 spiro atoms. The van der Waals surface area contributed by atoms with E-state index in [-0.39, 0.29) is 30.2 Å². The van der Waals surface area contributed by atoms with Crippen LogP contribution in [0, 0.1) is 5.82 Å². The number of pyridine rings is 1. The Kier molecular flexibility index (Phi) is 6.67. The predicted octanol–water partition coefficient (Wildman–Crippen LogP) is 1.37. The molecule has 0 atom stereocenters. The molecule has 0 saturated heterocycles. The Bertz CT molecular complexity index is 722. The summed E-state index contributed by atoms with van der Waals surface area (Å²) in [6, 6.07) is 5.43. The zero-order valence-corrected chi connectivity index (χ0v) is 13.7. The van der Waals surface area contributed by atoms with Gasteiger partial charge in [0.05, 0.1) is 13.2 Å². The number of hydrogen-bond donors (Lipinski definition) is 3. The molecule has 0 unspecified atom stereocenters. The van der Waals surface area contributed by atoms with Gasteiger partial charge in [0.25, 0.3) is 5.91 Å². The predicted molar refractivity (Wildman–Crippen MR) is 86.8 cm³/mol. The summed E-state index contributed by atoms with van der Waals surface area (Å²) in [5.74, 6) is -0.939. The highest BCUT2D eigenvalue weighted by Gasteiger charge is 2.19. The van der Waals surface area contributed by atoms with E-state index in [9.17, 15) is 19.4 Å². The highest BCUT2D eigenvalue weighted by Crippen LogP contribution is 2.25. The first kappa shape index (κ1) is 18.6. The van der Waals surface area contributed by atoms with Crippen molar-refractivity contribution in [3.8, 4) is 11.5 Å². The van der Waals surface area contributed by atoms with Gasteiger partial charge in [-0.1, -0.05) is 0 Å². The number of carbonyl (C=O) groups is 1. The van der Waals surface area contributed by atoms with Gasteiger partial charge in [0.1, 0.15) is 18.2 Å². The fourth-order valence-electron chi connectivity index (χ4n) is 2.09. The van der Waals surface area contributed by atoms with Crippen molar-refractivity contribution in [1.29, 1.82) is 0 Å². The van der Waals surface area contributed by atoms with Gasteiger partial charge in [-0.15, -0.1) is 0 Å². The largest absolute Gasteiger partial charge is 0.505 e. The number of carbonyl (C=O) groups excluding carboxylic acids is 1. The lowest BCUT2D eigenvalue weighted by Crippen LogP contribution is -2.28. The van der Waals surface area contributed by atoms with E-state index in [0.29, 0.717) is 17.9 Å². The maximum absolute atomic E-state index is 12.9. The van der Waals surface area contributed by atoms with Gasteiger partial charge in [-0.05, 0) is 24.3 Å². The summed E-state index contributed by atoms with van der Waals surface area (Å²) in [6.45, 7) is 0.0891. The molecule has 0 saturated carbocycles. The van der Waals surface area contributed by atoms with Gasteiger partial charge in [-0.25, -0.2) is 9.37 Å². The number of aliphatic hydroxyl groups excluding tert-OH is 1. The highest BCUT2D eigenvalue weighted by atomic mass is 19.1. The number of nitrogens with zero attached hydrogens (tertiary/aromatic N) is 1. The SMILES string of the molecule is COCCNC(=O)c1ncc(COc2ccc(F)cc2)c(CO)c1O. The summed E-state index contributed by atoms with van der Waals surface area (Å²) in [5.41, 5.74) is 0.373. The number of ether oxygens (including phenoxy) is 2. The minimum absolute atomic E-state index is 0.00629. The van der Waals surface area contributed by atoms with Crippen LogP contribution in [0.15, 0.2) is 30.5 Å². The molecule has 25 heavy (non-hydrogen) atoms. The molecule has 3 N–H and O–H groups in total. The Morgan fingerprint density at radius 3 is 2.68 bits per heavy atom. The van der Waals surface area contributed by atoms with Crippen molar-refractivity contribution in [2.24, 2.45) is 0 Å². The standard InChI is InChI=1S/C17H19FN2O5/c1-24-7-6-19-17(23)15-16(22)14(9-21)11(8-20-15)10-25-13-4-2-12(18)3-5-13/h2-5,8,21-22H,6-7,9-10H2,1H3,(H,19,23). The van der Waals surface area contributed by atoms with Crippen LogP contribution < -0.4 is 10.1 Å². The molecular weight excluding hydrogens is 331 g/mol. The Morgan fingerprint density at radius 1 is 1.32 bits per heavy atom. The van der Waals surface area contributed by atoms with Crippen molar-refractivity contribution in [2.45, 2.75) is 13.2 Å². The number of benzene rings is 1. The normalized spacial score (nSPS) is 10.5. The summed E-state index contributed by atoms with van der Waals surface area (Å²) in [4.78, 5) is 15.9. The van der Waals surface area contributed by atoms with Crippen LogP contribution in [-0.4, -0.2) is 41.4 Å². The third kappa shape index (κ3) is 4.88. The van der Waals surface area contributed by atoms with Crippen LogP contribution in [-0.2, 0) is 18.0 Å². The number of amides is 1. The minimum Gasteiger partial charge on any atom is -0.505 e. The summed E-state index contributed by atoms with van der Waals surface area (Å²) < 4.78 is 23.2. The fourth-order valence-corrected chi connectivity index (χ4v) is 2.09. The first-order chi connectivity index (χ1) is 12.1. The zero-order valence-electron chi connectivity index (χ0n) is 13.7. The Morgan fingerprint density at radius 2 is 2.04 bits per heavy atom. The smallest absolute Gasteiger partial charge is 0.273 e. The molecule has 134 valence electrons. The lowest BCUT2D eigenvalue weighted by molar-refractivity contribution is 0.0928. The lowest BCUT2D eigenvalue weighted by Gasteiger charge is -2.13. The van der Waals surface area contributed by atoms with Gasteiger partial charge in [-0.3, -0.25) is 4.79 Å². The van der Waals surface area contributed by atoms with E-state index >= 15 is 0 Å². The Labute approximate surface area is 144 Å². The maximum Gasteiger partial charge on any atom is 0.273 e. The van der Waals surface area contributed by atoms with Crippen LogP contribution in [0.25, 0.3) is 0 Å². The first-order valence-electron chi connectivity index (χ1n) is 7.53. The van der Waals surface area contributed by atoms with Crippen molar-refractivity contribution in [2.75, 3.05) is 20.3 Å². The van der Waals surface area contributed by atoms with Crippen molar-refractivity contribution >= 4 is 5.91 Å². The highest BCUT2D eigenvalue weighted by molar-refractivity contribution is 5.95. The second-order valence-electron chi connectivity index (χ2n) is 5.11. The number of rotatable bonds is 8. The second kappa shape index (κ2) is 8.95. The zero-order chi connectivity index (χ0) is 18.2. The Hall–Kier alpha value is -2.71. The molecule has 2 aromatic rings. The molecule has 1 heterocycles. The molecule has 2 rings (SSSR count). The molecule has 1 amide bonds. The molecule has 8 heteroatoms. The molecule has 0 aliphatic carbocycles. The van der Waals surface area contributed by atoms with Crippen LogP contribution >= 0.6 is 0 Å². The van der Waals surface area contributed by atoms with E-state index in [0.717, 1.165) is 0 Å². The van der Waals surface area contributed by atoms with Crippen molar-refractivity contribution in [1.82, 2.24) is 10.3 Å². The van der Waals surface area contributed by atoms with Gasteiger partial charge in [0.2, 0.25) is 0 Å². The average molecular weight is 350 g/mol. The summed E-state index contributed by atoms with van der Waals surface area (Å²) in [5, 5.41) is 22.3. The minimum atomic E-state index is -0.574. The molecule has 0 fully saturated rings.